The molecule has 108 valence electrons. The molecule has 1 aliphatic heterocycles. The molecule has 1 aromatic rings. The van der Waals surface area contributed by atoms with Crippen LogP contribution in [0.2, 0.25) is 0 Å². The minimum atomic E-state index is -1.12. The van der Waals surface area contributed by atoms with Crippen molar-refractivity contribution < 1.29 is 23.1 Å². The molecule has 1 aliphatic rings. The number of hydrazine groups is 1. The predicted octanol–water partition coefficient (Wildman–Crippen LogP) is 0.267. The molecule has 6 nitrogen and oxygen atoms in total. The van der Waals surface area contributed by atoms with Gasteiger partial charge in [0, 0.05) is 6.54 Å². The Morgan fingerprint density at radius 1 is 1.25 bits per heavy atom. The van der Waals surface area contributed by atoms with Gasteiger partial charge in [0.25, 0.3) is 0 Å². The number of carbonyl (C=O) groups excluding carboxylic acids is 2. The van der Waals surface area contributed by atoms with Gasteiger partial charge >= 0.3 is 11.8 Å². The van der Waals surface area contributed by atoms with E-state index >= 15 is 0 Å². The average Bonchev–Trinajstić information content (AvgIpc) is 2.71. The normalized spacial score (nSPS) is 15.6. The van der Waals surface area contributed by atoms with Crippen LogP contribution in [-0.4, -0.2) is 43.1 Å². The molecule has 0 saturated carbocycles. The number of nitrogens with zero attached hydrogens (tertiary/aromatic N) is 1. The zero-order valence-electron chi connectivity index (χ0n) is 10.5. The lowest BCUT2D eigenvalue weighted by Crippen LogP contribution is -2.48. The molecule has 0 unspecified atom stereocenters. The lowest BCUT2D eigenvalue weighted by molar-refractivity contribution is -0.145. The lowest BCUT2D eigenvalue weighted by Gasteiger charge is -2.19. The molecule has 0 bridgehead atoms. The summed E-state index contributed by atoms with van der Waals surface area (Å²) in [6.45, 7) is 1.23. The monoisotopic (exact) mass is 285 g/mol. The quantitative estimate of drug-likeness (QED) is 0.727. The number of nitrogens with one attached hydrogen (secondary N) is 2. The highest BCUT2D eigenvalue weighted by Crippen LogP contribution is 2.17. The fourth-order valence-electron chi connectivity index (χ4n) is 1.67. The van der Waals surface area contributed by atoms with Gasteiger partial charge in [-0.3, -0.25) is 14.6 Å². The van der Waals surface area contributed by atoms with Crippen molar-refractivity contribution in [3.05, 3.63) is 29.8 Å². The molecule has 1 aromatic carbocycles. The summed E-state index contributed by atoms with van der Waals surface area (Å²) in [5, 5.41) is 2.99. The van der Waals surface area contributed by atoms with Crippen LogP contribution in [0, 0.1) is 11.6 Å². The maximum atomic E-state index is 13.4. The second kappa shape index (κ2) is 6.40. The molecule has 1 fully saturated rings. The van der Waals surface area contributed by atoms with Crippen molar-refractivity contribution in [3.63, 3.8) is 0 Å². The first-order valence-electron chi connectivity index (χ1n) is 5.97. The van der Waals surface area contributed by atoms with Gasteiger partial charge in [-0.25, -0.2) is 14.2 Å². The molecule has 0 aliphatic carbocycles. The van der Waals surface area contributed by atoms with Crippen LogP contribution in [0.15, 0.2) is 18.2 Å². The Hall–Kier alpha value is -2.06. The molecule has 0 aromatic heterocycles. The number of amides is 2. The third-order valence-electron chi connectivity index (χ3n) is 2.65. The molecule has 1 saturated heterocycles. The minimum absolute atomic E-state index is 0.173. The highest BCUT2D eigenvalue weighted by Gasteiger charge is 2.24. The Bertz CT molecular complexity index is 496. The molecule has 2 N–H and O–H groups in total. The van der Waals surface area contributed by atoms with Crippen molar-refractivity contribution >= 4 is 17.5 Å². The van der Waals surface area contributed by atoms with Crippen LogP contribution in [0.4, 0.5) is 14.5 Å². The van der Waals surface area contributed by atoms with Crippen molar-refractivity contribution in [2.24, 2.45) is 0 Å². The van der Waals surface area contributed by atoms with Gasteiger partial charge in [-0.2, -0.15) is 0 Å². The highest BCUT2D eigenvalue weighted by molar-refractivity contribution is 6.39. The SMILES string of the molecule is O=C(Nc1c(F)cccc1F)C(=O)N1CCOCCN1. The number of anilines is 1. The molecular formula is C12H13F2N3O3. The Labute approximate surface area is 113 Å². The third kappa shape index (κ3) is 3.28. The molecule has 0 atom stereocenters. The first-order valence-corrected chi connectivity index (χ1v) is 5.97. The smallest absolute Gasteiger partial charge is 0.326 e. The van der Waals surface area contributed by atoms with Crippen LogP contribution < -0.4 is 10.7 Å². The number of ether oxygens (including phenoxy) is 1. The van der Waals surface area contributed by atoms with Crippen LogP contribution in [0.25, 0.3) is 0 Å². The number of carbonyl (C=O) groups is 2. The maximum absolute atomic E-state index is 13.4. The molecule has 0 spiro atoms. The van der Waals surface area contributed by atoms with E-state index in [0.717, 1.165) is 23.2 Å². The van der Waals surface area contributed by atoms with Crippen LogP contribution in [0.3, 0.4) is 0 Å². The van der Waals surface area contributed by atoms with Crippen molar-refractivity contribution in [2.45, 2.75) is 0 Å². The van der Waals surface area contributed by atoms with Gasteiger partial charge in [-0.1, -0.05) is 6.07 Å². The van der Waals surface area contributed by atoms with Gasteiger partial charge in [0.15, 0.2) is 0 Å². The topological polar surface area (TPSA) is 70.7 Å². The van der Waals surface area contributed by atoms with E-state index in [1.54, 1.807) is 0 Å². The minimum Gasteiger partial charge on any atom is -0.378 e. The van der Waals surface area contributed by atoms with Gasteiger partial charge in [0.05, 0.1) is 19.8 Å². The van der Waals surface area contributed by atoms with Crippen molar-refractivity contribution in [1.29, 1.82) is 0 Å². The second-order valence-electron chi connectivity index (χ2n) is 4.03. The molecule has 1 heterocycles. The van der Waals surface area contributed by atoms with E-state index in [-0.39, 0.29) is 13.2 Å². The summed E-state index contributed by atoms with van der Waals surface area (Å²) in [6.07, 6.45) is 0. The number of halogens is 2. The van der Waals surface area contributed by atoms with E-state index in [1.165, 1.54) is 0 Å². The summed E-state index contributed by atoms with van der Waals surface area (Å²) in [5.41, 5.74) is 2.05. The summed E-state index contributed by atoms with van der Waals surface area (Å²) in [4.78, 5) is 23.5. The first kappa shape index (κ1) is 14.4. The van der Waals surface area contributed by atoms with Crippen molar-refractivity contribution in [3.8, 4) is 0 Å². The van der Waals surface area contributed by atoms with Gasteiger partial charge in [0.1, 0.15) is 17.3 Å². The van der Waals surface area contributed by atoms with E-state index in [4.69, 9.17) is 4.74 Å². The first-order chi connectivity index (χ1) is 9.59. The number of rotatable bonds is 1. The van der Waals surface area contributed by atoms with Crippen LogP contribution in [0.5, 0.6) is 0 Å². The van der Waals surface area contributed by atoms with Crippen LogP contribution in [0.1, 0.15) is 0 Å². The summed E-state index contributed by atoms with van der Waals surface area (Å²) >= 11 is 0. The largest absolute Gasteiger partial charge is 0.378 e. The fourth-order valence-corrected chi connectivity index (χ4v) is 1.67. The molecule has 2 amide bonds. The number of hydrogen-bond donors (Lipinski definition) is 2. The summed E-state index contributed by atoms with van der Waals surface area (Å²) < 4.78 is 31.8. The van der Waals surface area contributed by atoms with Crippen molar-refractivity contribution in [1.82, 2.24) is 10.4 Å². The van der Waals surface area contributed by atoms with Gasteiger partial charge in [0.2, 0.25) is 0 Å². The van der Waals surface area contributed by atoms with E-state index in [1.807, 2.05) is 5.32 Å². The summed E-state index contributed by atoms with van der Waals surface area (Å²) in [5.74, 6) is -3.95. The van der Waals surface area contributed by atoms with E-state index in [9.17, 15) is 18.4 Å². The van der Waals surface area contributed by atoms with E-state index in [2.05, 4.69) is 5.43 Å². The predicted molar refractivity (Wildman–Crippen MR) is 65.5 cm³/mol. The van der Waals surface area contributed by atoms with Gasteiger partial charge in [-0.15, -0.1) is 0 Å². The zero-order chi connectivity index (χ0) is 14.5. The lowest BCUT2D eigenvalue weighted by atomic mass is 10.3. The molecular weight excluding hydrogens is 272 g/mol. The molecule has 2 rings (SSSR count). The maximum Gasteiger partial charge on any atom is 0.326 e. The zero-order valence-corrected chi connectivity index (χ0v) is 10.5. The van der Waals surface area contributed by atoms with E-state index in [0.29, 0.717) is 13.2 Å². The van der Waals surface area contributed by atoms with Crippen molar-refractivity contribution in [2.75, 3.05) is 31.6 Å². The number of hydrogen-bond acceptors (Lipinski definition) is 4. The molecule has 8 heteroatoms. The number of benzene rings is 1. The Morgan fingerprint density at radius 2 is 1.95 bits per heavy atom. The molecule has 20 heavy (non-hydrogen) atoms. The highest BCUT2D eigenvalue weighted by atomic mass is 19.1. The molecule has 0 radical (unpaired) electrons. The Balaban J connectivity index is 2.05. The van der Waals surface area contributed by atoms with Gasteiger partial charge < -0.3 is 10.1 Å². The fraction of sp³-hybridized carbons (Fsp3) is 0.333. The Morgan fingerprint density at radius 3 is 2.65 bits per heavy atom. The third-order valence-corrected chi connectivity index (χ3v) is 2.65. The second-order valence-corrected chi connectivity index (χ2v) is 4.03. The average molecular weight is 285 g/mol. The number of para-hydroxylation sites is 1. The van der Waals surface area contributed by atoms with Gasteiger partial charge in [-0.05, 0) is 12.1 Å². The Kier molecular flexibility index (Phi) is 4.59. The summed E-state index contributed by atoms with van der Waals surface area (Å²) in [7, 11) is 0. The van der Waals surface area contributed by atoms with E-state index < -0.39 is 29.1 Å². The van der Waals surface area contributed by atoms with Crippen LogP contribution >= 0.6 is 0 Å². The van der Waals surface area contributed by atoms with Crippen LogP contribution in [-0.2, 0) is 14.3 Å². The summed E-state index contributed by atoms with van der Waals surface area (Å²) in [6, 6.07) is 3.14. The standard InChI is InChI=1S/C12H13F2N3O3/c13-8-2-1-3-9(14)10(8)16-11(18)12(19)17-5-7-20-6-4-15-17/h1-3,15H,4-7H2,(H,16,18).